The molecule has 2 amide bonds. The Bertz CT molecular complexity index is 1390. The molecule has 0 radical (unpaired) electrons. The Hall–Kier alpha value is -4.17. The number of methoxy groups -OCH3 is 1. The zero-order valence-electron chi connectivity index (χ0n) is 23.3. The van der Waals surface area contributed by atoms with Crippen LogP contribution in [0.3, 0.4) is 0 Å². The number of carboxylic acids is 1. The van der Waals surface area contributed by atoms with E-state index < -0.39 is 11.4 Å². The van der Waals surface area contributed by atoms with Gasteiger partial charge in [0.15, 0.2) is 0 Å². The van der Waals surface area contributed by atoms with E-state index in [9.17, 15) is 19.5 Å². The number of likely N-dealkylation sites (tertiary alicyclic amines) is 1. The van der Waals surface area contributed by atoms with Crippen LogP contribution in [0.1, 0.15) is 58.6 Å². The number of benzene rings is 3. The number of ether oxygens (including phenoxy) is 1. The molecule has 8 heteroatoms. The molecule has 5 rings (SSSR count). The molecule has 1 fully saturated rings. The maximum Gasteiger partial charge on any atom is 0.317 e. The van der Waals surface area contributed by atoms with Gasteiger partial charge in [-0.2, -0.15) is 0 Å². The first-order chi connectivity index (χ1) is 19.9. The molecule has 41 heavy (non-hydrogen) atoms. The van der Waals surface area contributed by atoms with Gasteiger partial charge in [-0.1, -0.05) is 66.7 Å². The minimum Gasteiger partial charge on any atom is -0.496 e. The van der Waals surface area contributed by atoms with Crippen LogP contribution in [0, 0.1) is 0 Å². The van der Waals surface area contributed by atoms with E-state index in [1.54, 1.807) is 19.2 Å². The van der Waals surface area contributed by atoms with Crippen LogP contribution in [0.15, 0.2) is 78.9 Å². The number of nitrogens with zero attached hydrogens (tertiary/aromatic N) is 1. The molecule has 3 aromatic carbocycles. The smallest absolute Gasteiger partial charge is 0.317 e. The molecule has 1 saturated heterocycles. The van der Waals surface area contributed by atoms with Crippen molar-refractivity contribution in [1.82, 2.24) is 15.5 Å². The van der Waals surface area contributed by atoms with Crippen LogP contribution in [-0.4, -0.2) is 67.1 Å². The summed E-state index contributed by atoms with van der Waals surface area (Å²) in [6.45, 7) is 1.51. The SMILES string of the molecule is COc1ccccc1C(=O)NC1CCN(C(=O)[C@H]2CC[C@@](CNCC(=O)O)(c3ccccc3)c3ccccc32)CC1. The summed E-state index contributed by atoms with van der Waals surface area (Å²) >= 11 is 0. The summed E-state index contributed by atoms with van der Waals surface area (Å²) in [7, 11) is 1.55. The first-order valence-corrected chi connectivity index (χ1v) is 14.2. The van der Waals surface area contributed by atoms with Gasteiger partial charge in [0.2, 0.25) is 5.91 Å². The summed E-state index contributed by atoms with van der Waals surface area (Å²) in [4.78, 5) is 40.0. The number of aliphatic carboxylic acids is 1. The molecule has 0 aromatic heterocycles. The average Bonchev–Trinajstić information content (AvgIpc) is 3.01. The monoisotopic (exact) mass is 555 g/mol. The highest BCUT2D eigenvalue weighted by atomic mass is 16.5. The number of carbonyl (C=O) groups excluding carboxylic acids is 2. The molecule has 0 saturated carbocycles. The second kappa shape index (κ2) is 12.6. The van der Waals surface area contributed by atoms with E-state index in [-0.39, 0.29) is 30.3 Å². The molecule has 0 bridgehead atoms. The lowest BCUT2D eigenvalue weighted by Crippen LogP contribution is -2.49. The zero-order valence-corrected chi connectivity index (χ0v) is 23.3. The fourth-order valence-electron chi connectivity index (χ4n) is 6.46. The van der Waals surface area contributed by atoms with Gasteiger partial charge in [0, 0.05) is 31.1 Å². The van der Waals surface area contributed by atoms with Crippen molar-refractivity contribution in [2.24, 2.45) is 0 Å². The molecule has 8 nitrogen and oxygen atoms in total. The standard InChI is InChI=1S/C33H37N3O5/c1-41-29-14-8-6-12-27(29)31(39)35-24-16-19-36(20-17-24)32(40)26-15-18-33(22-34-21-30(37)38,23-9-3-2-4-10-23)28-13-7-5-11-25(26)28/h2-14,24,26,34H,15-22H2,1H3,(H,35,39)(H,37,38)/t26-,33+/m0/s1. The van der Waals surface area contributed by atoms with Gasteiger partial charge < -0.3 is 25.4 Å². The Morgan fingerprint density at radius 3 is 2.34 bits per heavy atom. The fourth-order valence-corrected chi connectivity index (χ4v) is 6.46. The molecule has 2 aliphatic rings. The molecule has 1 aliphatic heterocycles. The third-order valence-corrected chi connectivity index (χ3v) is 8.53. The number of rotatable bonds is 9. The van der Waals surface area contributed by atoms with Crippen LogP contribution in [0.25, 0.3) is 0 Å². The predicted octanol–water partition coefficient (Wildman–Crippen LogP) is 3.95. The van der Waals surface area contributed by atoms with E-state index in [1.165, 1.54) is 0 Å². The largest absolute Gasteiger partial charge is 0.496 e. The number of piperidine rings is 1. The summed E-state index contributed by atoms with van der Waals surface area (Å²) in [5, 5.41) is 15.5. The molecular weight excluding hydrogens is 518 g/mol. The van der Waals surface area contributed by atoms with E-state index in [0.717, 1.165) is 23.1 Å². The summed E-state index contributed by atoms with van der Waals surface area (Å²) in [6.07, 6.45) is 2.77. The Morgan fingerprint density at radius 1 is 0.927 bits per heavy atom. The molecule has 1 aliphatic carbocycles. The van der Waals surface area contributed by atoms with Gasteiger partial charge >= 0.3 is 5.97 Å². The van der Waals surface area contributed by atoms with Crippen molar-refractivity contribution < 1.29 is 24.2 Å². The number of carboxylic acid groups (broad SMARTS) is 1. The van der Waals surface area contributed by atoms with Crippen molar-refractivity contribution in [3.8, 4) is 5.75 Å². The Morgan fingerprint density at radius 2 is 1.61 bits per heavy atom. The van der Waals surface area contributed by atoms with Crippen molar-refractivity contribution in [2.45, 2.75) is 43.1 Å². The first kappa shape index (κ1) is 28.4. The number of hydrogen-bond donors (Lipinski definition) is 3. The summed E-state index contributed by atoms with van der Waals surface area (Å²) in [5.41, 5.74) is 3.28. The minimum atomic E-state index is -0.896. The second-order valence-corrected chi connectivity index (χ2v) is 10.9. The molecule has 1 heterocycles. The van der Waals surface area contributed by atoms with Crippen molar-refractivity contribution in [3.05, 3.63) is 101 Å². The minimum absolute atomic E-state index is 0.0128. The Labute approximate surface area is 240 Å². The van der Waals surface area contributed by atoms with Gasteiger partial charge in [-0.05, 0) is 54.5 Å². The second-order valence-electron chi connectivity index (χ2n) is 10.9. The maximum absolute atomic E-state index is 13.9. The topological polar surface area (TPSA) is 108 Å². The van der Waals surface area contributed by atoms with Crippen molar-refractivity contribution in [2.75, 3.05) is 33.3 Å². The van der Waals surface area contributed by atoms with E-state index in [1.807, 2.05) is 53.4 Å². The lowest BCUT2D eigenvalue weighted by molar-refractivity contribution is -0.136. The van der Waals surface area contributed by atoms with Gasteiger partial charge in [0.05, 0.1) is 25.1 Å². The predicted molar refractivity (Wildman–Crippen MR) is 156 cm³/mol. The number of fused-ring (bicyclic) bond motifs is 1. The van der Waals surface area contributed by atoms with E-state index >= 15 is 0 Å². The van der Waals surface area contributed by atoms with Crippen molar-refractivity contribution in [3.63, 3.8) is 0 Å². The van der Waals surface area contributed by atoms with Gasteiger partial charge in [0.1, 0.15) is 5.75 Å². The number of para-hydroxylation sites is 1. The Balaban J connectivity index is 1.30. The van der Waals surface area contributed by atoms with Gasteiger partial charge in [-0.15, -0.1) is 0 Å². The number of hydrogen-bond acceptors (Lipinski definition) is 5. The van der Waals surface area contributed by atoms with E-state index in [4.69, 9.17) is 4.74 Å². The fraction of sp³-hybridized carbons (Fsp3) is 0.364. The molecule has 3 N–H and O–H groups in total. The highest BCUT2D eigenvalue weighted by Crippen LogP contribution is 2.47. The lowest BCUT2D eigenvalue weighted by Gasteiger charge is -2.44. The molecule has 0 unspecified atom stereocenters. The van der Waals surface area contributed by atoms with Gasteiger partial charge in [-0.25, -0.2) is 0 Å². The lowest BCUT2D eigenvalue weighted by atomic mass is 9.63. The highest BCUT2D eigenvalue weighted by molar-refractivity contribution is 5.97. The molecular formula is C33H37N3O5. The van der Waals surface area contributed by atoms with Crippen LogP contribution in [0.5, 0.6) is 5.75 Å². The third-order valence-electron chi connectivity index (χ3n) is 8.53. The zero-order chi connectivity index (χ0) is 28.8. The van der Waals surface area contributed by atoms with Crippen LogP contribution < -0.4 is 15.4 Å². The van der Waals surface area contributed by atoms with E-state index in [0.29, 0.717) is 50.2 Å². The Kier molecular flexibility index (Phi) is 8.69. The van der Waals surface area contributed by atoms with E-state index in [2.05, 4.69) is 28.8 Å². The van der Waals surface area contributed by atoms with Crippen molar-refractivity contribution in [1.29, 1.82) is 0 Å². The molecule has 3 aromatic rings. The number of amides is 2. The molecule has 214 valence electrons. The van der Waals surface area contributed by atoms with Crippen LogP contribution in [0.2, 0.25) is 0 Å². The van der Waals surface area contributed by atoms with Crippen LogP contribution >= 0.6 is 0 Å². The summed E-state index contributed by atoms with van der Waals surface area (Å²) < 4.78 is 5.33. The quantitative estimate of drug-likeness (QED) is 0.369. The number of nitrogens with one attached hydrogen (secondary N) is 2. The van der Waals surface area contributed by atoms with Crippen LogP contribution in [-0.2, 0) is 15.0 Å². The summed E-state index contributed by atoms with van der Waals surface area (Å²) in [6, 6.07) is 25.4. The molecule has 0 spiro atoms. The highest BCUT2D eigenvalue weighted by Gasteiger charge is 2.44. The van der Waals surface area contributed by atoms with Crippen LogP contribution in [0.4, 0.5) is 0 Å². The van der Waals surface area contributed by atoms with Crippen molar-refractivity contribution >= 4 is 17.8 Å². The summed E-state index contributed by atoms with van der Waals surface area (Å²) in [5.74, 6) is -0.664. The van der Waals surface area contributed by atoms with Gasteiger partial charge in [0.25, 0.3) is 5.91 Å². The normalized spacial score (nSPS) is 20.6. The number of carbonyl (C=O) groups is 3. The maximum atomic E-state index is 13.9. The first-order valence-electron chi connectivity index (χ1n) is 14.2. The molecule has 2 atom stereocenters. The average molecular weight is 556 g/mol. The van der Waals surface area contributed by atoms with Gasteiger partial charge in [-0.3, -0.25) is 14.4 Å². The third kappa shape index (κ3) is 5.98.